The molecule has 102 valence electrons. The van der Waals surface area contributed by atoms with Gasteiger partial charge in [-0.2, -0.15) is 0 Å². The molecule has 2 rings (SSSR count). The van der Waals surface area contributed by atoms with Crippen LogP contribution in [0.2, 0.25) is 0 Å². The fourth-order valence-electron chi connectivity index (χ4n) is 2.24. The van der Waals surface area contributed by atoms with Gasteiger partial charge in [-0.25, -0.2) is 4.39 Å². The summed E-state index contributed by atoms with van der Waals surface area (Å²) in [6.07, 6.45) is 0.213. The quantitative estimate of drug-likeness (QED) is 0.840. The van der Waals surface area contributed by atoms with Crippen LogP contribution in [-0.4, -0.2) is 23.9 Å². The number of carbonyl (C=O) groups excluding carboxylic acids is 2. The molecular weight excluding hydrogens is 247 g/mol. The standard InChI is InChI=1S/C14H17FN2O2/c1-9-6-10(15)8-11(7-9)17-5-4-12(18)16-14(2,3)13(17)19/h6-8H,4-5H2,1-3H3,(H,16,18). The second-order valence-corrected chi connectivity index (χ2v) is 5.37. The molecule has 1 aliphatic heterocycles. The number of hydrogen-bond donors (Lipinski definition) is 1. The van der Waals surface area contributed by atoms with E-state index in [1.807, 2.05) is 0 Å². The van der Waals surface area contributed by atoms with Crippen LogP contribution < -0.4 is 10.2 Å². The maximum atomic E-state index is 13.5. The van der Waals surface area contributed by atoms with E-state index >= 15 is 0 Å². The van der Waals surface area contributed by atoms with Crippen LogP contribution in [0, 0.1) is 12.7 Å². The number of halogens is 1. The molecule has 5 heteroatoms. The van der Waals surface area contributed by atoms with Crippen molar-refractivity contribution in [2.24, 2.45) is 0 Å². The molecule has 0 spiro atoms. The summed E-state index contributed by atoms with van der Waals surface area (Å²) in [4.78, 5) is 25.5. The number of rotatable bonds is 1. The van der Waals surface area contributed by atoms with Gasteiger partial charge >= 0.3 is 0 Å². The number of nitrogens with zero attached hydrogens (tertiary/aromatic N) is 1. The van der Waals surface area contributed by atoms with Gasteiger partial charge in [0.25, 0.3) is 5.91 Å². The van der Waals surface area contributed by atoms with Crippen LogP contribution in [-0.2, 0) is 9.59 Å². The van der Waals surface area contributed by atoms with Crippen molar-refractivity contribution in [2.75, 3.05) is 11.4 Å². The van der Waals surface area contributed by atoms with E-state index in [2.05, 4.69) is 5.32 Å². The largest absolute Gasteiger partial charge is 0.342 e. The molecule has 0 unspecified atom stereocenters. The zero-order valence-electron chi connectivity index (χ0n) is 11.3. The second-order valence-electron chi connectivity index (χ2n) is 5.37. The minimum atomic E-state index is -0.978. The van der Waals surface area contributed by atoms with Crippen LogP contribution in [0.25, 0.3) is 0 Å². The minimum Gasteiger partial charge on any atom is -0.342 e. The molecule has 0 bridgehead atoms. The molecule has 0 radical (unpaired) electrons. The molecule has 0 saturated carbocycles. The molecule has 2 amide bonds. The van der Waals surface area contributed by atoms with Gasteiger partial charge in [0.15, 0.2) is 0 Å². The molecule has 4 nitrogen and oxygen atoms in total. The highest BCUT2D eigenvalue weighted by Crippen LogP contribution is 2.23. The molecule has 0 atom stereocenters. The van der Waals surface area contributed by atoms with E-state index in [1.54, 1.807) is 26.8 Å². The molecule has 1 aliphatic rings. The first kappa shape index (κ1) is 13.5. The van der Waals surface area contributed by atoms with Crippen molar-refractivity contribution in [3.8, 4) is 0 Å². The monoisotopic (exact) mass is 264 g/mol. The number of hydrogen-bond acceptors (Lipinski definition) is 2. The first-order valence-electron chi connectivity index (χ1n) is 6.20. The van der Waals surface area contributed by atoms with E-state index < -0.39 is 5.54 Å². The Labute approximate surface area is 111 Å². The van der Waals surface area contributed by atoms with Gasteiger partial charge in [0, 0.05) is 18.7 Å². The Kier molecular flexibility index (Phi) is 3.30. The number of anilines is 1. The molecule has 0 aromatic heterocycles. The predicted octanol–water partition coefficient (Wildman–Crippen LogP) is 1.77. The van der Waals surface area contributed by atoms with Crippen molar-refractivity contribution in [1.29, 1.82) is 0 Å². The summed E-state index contributed by atoms with van der Waals surface area (Å²) in [5, 5.41) is 2.67. The third-order valence-corrected chi connectivity index (χ3v) is 3.13. The summed E-state index contributed by atoms with van der Waals surface area (Å²) in [5.74, 6) is -0.790. The summed E-state index contributed by atoms with van der Waals surface area (Å²) < 4.78 is 13.5. The number of carbonyl (C=O) groups is 2. The Morgan fingerprint density at radius 1 is 1.26 bits per heavy atom. The van der Waals surface area contributed by atoms with Crippen LogP contribution in [0.15, 0.2) is 18.2 Å². The van der Waals surface area contributed by atoms with Crippen LogP contribution >= 0.6 is 0 Å². The fraction of sp³-hybridized carbons (Fsp3) is 0.429. The van der Waals surface area contributed by atoms with Gasteiger partial charge in [-0.3, -0.25) is 9.59 Å². The molecule has 1 heterocycles. The minimum absolute atomic E-state index is 0.172. The van der Waals surface area contributed by atoms with E-state index in [0.29, 0.717) is 5.69 Å². The summed E-state index contributed by atoms with van der Waals surface area (Å²) in [6.45, 7) is 5.33. The van der Waals surface area contributed by atoms with E-state index in [0.717, 1.165) is 5.56 Å². The highest BCUT2D eigenvalue weighted by Gasteiger charge is 2.37. The van der Waals surface area contributed by atoms with Gasteiger partial charge < -0.3 is 10.2 Å². The average Bonchev–Trinajstić information content (AvgIpc) is 2.35. The summed E-state index contributed by atoms with van der Waals surface area (Å²) in [7, 11) is 0. The lowest BCUT2D eigenvalue weighted by atomic mass is 10.0. The number of nitrogens with one attached hydrogen (secondary N) is 1. The molecule has 0 aliphatic carbocycles. The fourth-order valence-corrected chi connectivity index (χ4v) is 2.24. The Hall–Kier alpha value is -1.91. The van der Waals surface area contributed by atoms with Gasteiger partial charge in [0.2, 0.25) is 5.91 Å². The summed E-state index contributed by atoms with van der Waals surface area (Å²) >= 11 is 0. The van der Waals surface area contributed by atoms with Crippen molar-refractivity contribution in [2.45, 2.75) is 32.7 Å². The Morgan fingerprint density at radius 3 is 2.58 bits per heavy atom. The molecular formula is C14H17FN2O2. The maximum Gasteiger partial charge on any atom is 0.252 e. The van der Waals surface area contributed by atoms with Gasteiger partial charge in [-0.15, -0.1) is 0 Å². The van der Waals surface area contributed by atoms with Crippen molar-refractivity contribution in [1.82, 2.24) is 5.32 Å². The van der Waals surface area contributed by atoms with Gasteiger partial charge in [-0.05, 0) is 44.5 Å². The van der Waals surface area contributed by atoms with Gasteiger partial charge in [0.05, 0.1) is 0 Å². The lowest BCUT2D eigenvalue weighted by Crippen LogP contribution is -2.53. The van der Waals surface area contributed by atoms with E-state index in [-0.39, 0.29) is 30.6 Å². The van der Waals surface area contributed by atoms with Crippen molar-refractivity contribution in [3.05, 3.63) is 29.6 Å². The SMILES string of the molecule is Cc1cc(F)cc(N2CCC(=O)NC(C)(C)C2=O)c1. The first-order chi connectivity index (χ1) is 8.79. The van der Waals surface area contributed by atoms with Crippen LogP contribution in [0.3, 0.4) is 0 Å². The van der Waals surface area contributed by atoms with E-state index in [9.17, 15) is 14.0 Å². The van der Waals surface area contributed by atoms with Crippen molar-refractivity contribution < 1.29 is 14.0 Å². The summed E-state index contributed by atoms with van der Waals surface area (Å²) in [6, 6.07) is 4.46. The smallest absolute Gasteiger partial charge is 0.252 e. The molecule has 1 aromatic carbocycles. The third kappa shape index (κ3) is 2.75. The number of benzene rings is 1. The van der Waals surface area contributed by atoms with Crippen molar-refractivity contribution >= 4 is 17.5 Å². The molecule has 1 fully saturated rings. The average molecular weight is 264 g/mol. The van der Waals surface area contributed by atoms with Gasteiger partial charge in [-0.1, -0.05) is 0 Å². The van der Waals surface area contributed by atoms with E-state index in [1.165, 1.54) is 17.0 Å². The summed E-state index contributed by atoms with van der Waals surface area (Å²) in [5.41, 5.74) is 0.254. The third-order valence-electron chi connectivity index (χ3n) is 3.13. The molecule has 1 N–H and O–H groups in total. The normalized spacial score (nSPS) is 19.1. The first-order valence-corrected chi connectivity index (χ1v) is 6.20. The molecule has 19 heavy (non-hydrogen) atoms. The zero-order chi connectivity index (χ0) is 14.2. The lowest BCUT2D eigenvalue weighted by Gasteiger charge is -2.29. The van der Waals surface area contributed by atoms with Crippen LogP contribution in [0.4, 0.5) is 10.1 Å². The topological polar surface area (TPSA) is 49.4 Å². The molecule has 1 saturated heterocycles. The predicted molar refractivity (Wildman–Crippen MR) is 70.3 cm³/mol. The lowest BCUT2D eigenvalue weighted by molar-refractivity contribution is -0.128. The van der Waals surface area contributed by atoms with Gasteiger partial charge in [0.1, 0.15) is 11.4 Å². The zero-order valence-corrected chi connectivity index (χ0v) is 11.3. The van der Waals surface area contributed by atoms with Crippen LogP contribution in [0.5, 0.6) is 0 Å². The Bertz CT molecular complexity index is 520. The Morgan fingerprint density at radius 2 is 1.95 bits per heavy atom. The maximum absolute atomic E-state index is 13.5. The number of amides is 2. The highest BCUT2D eigenvalue weighted by atomic mass is 19.1. The van der Waals surface area contributed by atoms with Crippen LogP contribution in [0.1, 0.15) is 25.8 Å². The Balaban J connectivity index is 2.42. The van der Waals surface area contributed by atoms with Crippen molar-refractivity contribution in [3.63, 3.8) is 0 Å². The molecule has 1 aromatic rings. The van der Waals surface area contributed by atoms with E-state index in [4.69, 9.17) is 0 Å². The highest BCUT2D eigenvalue weighted by molar-refractivity contribution is 6.03. The number of aryl methyl sites for hydroxylation is 1. The second kappa shape index (κ2) is 4.64.